The summed E-state index contributed by atoms with van der Waals surface area (Å²) >= 11 is 5.58. The highest BCUT2D eigenvalue weighted by Crippen LogP contribution is 2.06. The highest BCUT2D eigenvalue weighted by molar-refractivity contribution is 6.58. The average Bonchev–Trinajstić information content (AvgIpc) is 2.79. The summed E-state index contributed by atoms with van der Waals surface area (Å²) in [6.45, 7) is 0.585. The molecular weight excluding hydrogens is 438 g/mol. The molecule has 0 aliphatic carbocycles. The van der Waals surface area contributed by atoms with Gasteiger partial charge in [-0.2, -0.15) is 0 Å². The third-order valence-electron chi connectivity index (χ3n) is 4.51. The van der Waals surface area contributed by atoms with Crippen molar-refractivity contribution in [2.24, 2.45) is 10.7 Å². The standard InChI is InChI=1S/C21H25BClFN4O4/c23-12-19(25)26-8-4-7-18(21(30)27-13-14-5-2-1-3-6-14)28-20(29)15-9-16(22(31)32)11-17(24)10-15/h1-3,5-6,9-11,18,31-32H,4,7-8,12-13H2,(H2,25,26)(H,27,30)(H,28,29)/t18-/m0/s1. The smallest absolute Gasteiger partial charge is 0.423 e. The van der Waals surface area contributed by atoms with E-state index in [1.165, 1.54) is 0 Å². The Morgan fingerprint density at radius 3 is 2.56 bits per heavy atom. The first-order valence-electron chi connectivity index (χ1n) is 9.94. The summed E-state index contributed by atoms with van der Waals surface area (Å²) in [5.74, 6) is -1.59. The third kappa shape index (κ3) is 8.29. The van der Waals surface area contributed by atoms with Crippen LogP contribution in [0, 0.1) is 5.82 Å². The van der Waals surface area contributed by atoms with Gasteiger partial charge in [0.2, 0.25) is 5.91 Å². The summed E-state index contributed by atoms with van der Waals surface area (Å²) < 4.78 is 13.8. The minimum atomic E-state index is -1.94. The van der Waals surface area contributed by atoms with Crippen molar-refractivity contribution in [3.05, 3.63) is 65.5 Å². The average molecular weight is 463 g/mol. The highest BCUT2D eigenvalue weighted by Gasteiger charge is 2.23. The van der Waals surface area contributed by atoms with Crippen molar-refractivity contribution in [2.75, 3.05) is 12.4 Å². The van der Waals surface area contributed by atoms with Crippen LogP contribution in [-0.2, 0) is 11.3 Å². The molecule has 0 unspecified atom stereocenters. The van der Waals surface area contributed by atoms with Crippen molar-refractivity contribution >= 4 is 41.8 Å². The number of halogens is 2. The van der Waals surface area contributed by atoms with Gasteiger partial charge in [0.1, 0.15) is 17.7 Å². The molecule has 1 atom stereocenters. The van der Waals surface area contributed by atoms with Gasteiger partial charge in [-0.25, -0.2) is 4.39 Å². The topological polar surface area (TPSA) is 137 Å². The number of hydrogen-bond acceptors (Lipinski definition) is 5. The molecule has 0 radical (unpaired) electrons. The second-order valence-corrected chi connectivity index (χ2v) is 7.29. The van der Waals surface area contributed by atoms with Gasteiger partial charge in [0.05, 0.1) is 5.88 Å². The van der Waals surface area contributed by atoms with Crippen molar-refractivity contribution in [2.45, 2.75) is 25.4 Å². The Labute approximate surface area is 190 Å². The second-order valence-electron chi connectivity index (χ2n) is 7.03. The maximum atomic E-state index is 13.8. The van der Waals surface area contributed by atoms with Gasteiger partial charge in [-0.1, -0.05) is 30.3 Å². The van der Waals surface area contributed by atoms with Gasteiger partial charge in [0.25, 0.3) is 5.91 Å². The normalized spacial score (nSPS) is 12.2. The fourth-order valence-electron chi connectivity index (χ4n) is 2.87. The molecule has 2 aromatic rings. The lowest BCUT2D eigenvalue weighted by atomic mass is 9.79. The summed E-state index contributed by atoms with van der Waals surface area (Å²) in [7, 11) is -1.94. The molecule has 0 aromatic heterocycles. The Morgan fingerprint density at radius 1 is 1.19 bits per heavy atom. The van der Waals surface area contributed by atoms with Gasteiger partial charge < -0.3 is 26.4 Å². The Kier molecular flexibility index (Phi) is 10.1. The number of carbonyl (C=O) groups excluding carboxylic acids is 2. The molecule has 2 aromatic carbocycles. The Hall–Kier alpha value is -2.95. The number of alkyl halides is 1. The van der Waals surface area contributed by atoms with E-state index < -0.39 is 30.8 Å². The lowest BCUT2D eigenvalue weighted by molar-refractivity contribution is -0.123. The van der Waals surface area contributed by atoms with Crippen LogP contribution in [0.15, 0.2) is 53.5 Å². The molecule has 8 nitrogen and oxygen atoms in total. The zero-order chi connectivity index (χ0) is 23.5. The first-order valence-corrected chi connectivity index (χ1v) is 10.5. The number of amidine groups is 1. The van der Waals surface area contributed by atoms with Crippen LogP contribution >= 0.6 is 11.6 Å². The molecule has 2 rings (SSSR count). The zero-order valence-corrected chi connectivity index (χ0v) is 18.1. The van der Waals surface area contributed by atoms with E-state index in [0.29, 0.717) is 13.0 Å². The maximum Gasteiger partial charge on any atom is 0.488 e. The van der Waals surface area contributed by atoms with E-state index in [2.05, 4.69) is 15.6 Å². The van der Waals surface area contributed by atoms with E-state index in [1.807, 2.05) is 30.3 Å². The third-order valence-corrected chi connectivity index (χ3v) is 4.79. The highest BCUT2D eigenvalue weighted by atomic mass is 35.5. The number of benzene rings is 2. The summed E-state index contributed by atoms with van der Waals surface area (Å²) in [6, 6.07) is 11.3. The second kappa shape index (κ2) is 12.8. The summed E-state index contributed by atoms with van der Waals surface area (Å²) in [4.78, 5) is 29.5. The SMILES string of the molecule is NC(CCl)=NCCC[C@H](NC(=O)c1cc(F)cc(B(O)O)c1)C(=O)NCc1ccccc1. The van der Waals surface area contributed by atoms with Gasteiger partial charge in [-0.15, -0.1) is 11.6 Å². The molecule has 6 N–H and O–H groups in total. The van der Waals surface area contributed by atoms with E-state index in [4.69, 9.17) is 17.3 Å². The molecule has 0 heterocycles. The molecule has 0 spiro atoms. The van der Waals surface area contributed by atoms with Crippen LogP contribution in [-0.4, -0.2) is 53.3 Å². The molecule has 0 bridgehead atoms. The van der Waals surface area contributed by atoms with Crippen molar-refractivity contribution < 1.29 is 24.0 Å². The molecule has 170 valence electrons. The number of carbonyl (C=O) groups is 2. The minimum absolute atomic E-state index is 0.0936. The number of nitrogens with two attached hydrogens (primary N) is 1. The first kappa shape index (κ1) is 25.3. The van der Waals surface area contributed by atoms with E-state index in [0.717, 1.165) is 23.8 Å². The molecule has 0 aliphatic rings. The number of rotatable bonds is 11. The van der Waals surface area contributed by atoms with Gasteiger partial charge in [0, 0.05) is 18.7 Å². The fourth-order valence-corrected chi connectivity index (χ4v) is 2.96. The molecule has 0 saturated heterocycles. The van der Waals surface area contributed by atoms with E-state index in [9.17, 15) is 24.0 Å². The summed E-state index contributed by atoms with van der Waals surface area (Å²) in [5, 5.41) is 23.9. The molecule has 2 amide bonds. The van der Waals surface area contributed by atoms with Crippen LogP contribution in [0.3, 0.4) is 0 Å². The molecule has 11 heteroatoms. The van der Waals surface area contributed by atoms with Crippen molar-refractivity contribution in [3.63, 3.8) is 0 Å². The molecule has 0 saturated carbocycles. The summed E-state index contributed by atoms with van der Waals surface area (Å²) in [5.41, 5.74) is 6.13. The van der Waals surface area contributed by atoms with Crippen LogP contribution in [0.2, 0.25) is 0 Å². The number of nitrogens with one attached hydrogen (secondary N) is 2. The van der Waals surface area contributed by atoms with E-state index in [-0.39, 0.29) is 35.7 Å². The van der Waals surface area contributed by atoms with Gasteiger partial charge in [-0.05, 0) is 42.1 Å². The molecular formula is C21H25BClFN4O4. The first-order chi connectivity index (χ1) is 15.3. The van der Waals surface area contributed by atoms with Crippen molar-refractivity contribution in [1.82, 2.24) is 10.6 Å². The molecule has 0 aliphatic heterocycles. The Balaban J connectivity index is 2.10. The van der Waals surface area contributed by atoms with Gasteiger partial charge in [0.15, 0.2) is 0 Å². The van der Waals surface area contributed by atoms with Crippen LogP contribution in [0.25, 0.3) is 0 Å². The van der Waals surface area contributed by atoms with Crippen LogP contribution in [0.1, 0.15) is 28.8 Å². The molecule has 32 heavy (non-hydrogen) atoms. The lowest BCUT2D eigenvalue weighted by Gasteiger charge is -2.19. The molecule has 0 fully saturated rings. The van der Waals surface area contributed by atoms with E-state index in [1.54, 1.807) is 0 Å². The quantitative estimate of drug-likeness (QED) is 0.107. The Bertz CT molecular complexity index is 947. The van der Waals surface area contributed by atoms with Gasteiger partial charge >= 0.3 is 7.12 Å². The largest absolute Gasteiger partial charge is 0.488 e. The maximum absolute atomic E-state index is 13.8. The minimum Gasteiger partial charge on any atom is -0.423 e. The predicted octanol–water partition coefficient (Wildman–Crippen LogP) is 0.297. The number of hydrogen-bond donors (Lipinski definition) is 5. The Morgan fingerprint density at radius 2 is 1.91 bits per heavy atom. The lowest BCUT2D eigenvalue weighted by Crippen LogP contribution is -2.47. The van der Waals surface area contributed by atoms with Crippen molar-refractivity contribution in [3.8, 4) is 0 Å². The number of nitrogens with zero attached hydrogens (tertiary/aromatic N) is 1. The summed E-state index contributed by atoms with van der Waals surface area (Å²) in [6.07, 6.45) is 0.682. The van der Waals surface area contributed by atoms with Crippen LogP contribution < -0.4 is 21.8 Å². The fraction of sp³-hybridized carbons (Fsp3) is 0.286. The van der Waals surface area contributed by atoms with Gasteiger partial charge in [-0.3, -0.25) is 14.6 Å². The van der Waals surface area contributed by atoms with E-state index >= 15 is 0 Å². The number of amides is 2. The zero-order valence-electron chi connectivity index (χ0n) is 17.3. The predicted molar refractivity (Wildman–Crippen MR) is 122 cm³/mol. The van der Waals surface area contributed by atoms with Crippen molar-refractivity contribution in [1.29, 1.82) is 0 Å². The van der Waals surface area contributed by atoms with Crippen LogP contribution in [0.5, 0.6) is 0 Å². The van der Waals surface area contributed by atoms with Crippen LogP contribution in [0.4, 0.5) is 4.39 Å². The number of aliphatic imine (C=N–C) groups is 1. The monoisotopic (exact) mass is 462 g/mol.